The molecule has 0 N–H and O–H groups in total. The van der Waals surface area contributed by atoms with Crippen molar-refractivity contribution in [2.45, 2.75) is 38.9 Å². The maximum atomic E-state index is 13.8. The van der Waals surface area contributed by atoms with Crippen molar-refractivity contribution in [2.24, 2.45) is 8.73 Å². The topological polar surface area (TPSA) is 77.3 Å². The van der Waals surface area contributed by atoms with Gasteiger partial charge in [0, 0.05) is 0 Å². The molecule has 46 heavy (non-hydrogen) atoms. The summed E-state index contributed by atoms with van der Waals surface area (Å²) in [6, 6.07) is 25.8. The van der Waals surface area contributed by atoms with Gasteiger partial charge in [-0.3, -0.25) is 0 Å². The van der Waals surface area contributed by atoms with E-state index < -0.39 is 29.2 Å². The molecule has 0 fully saturated rings. The maximum absolute atomic E-state index is 13.8. The summed E-state index contributed by atoms with van der Waals surface area (Å²) in [5.41, 5.74) is -0.0813. The fourth-order valence-electron chi connectivity index (χ4n) is 2.88. The molecule has 0 aliphatic heterocycles. The first-order valence-corrected chi connectivity index (χ1v) is 20.3. The van der Waals surface area contributed by atoms with Crippen LogP contribution in [0.15, 0.2) is 106 Å². The van der Waals surface area contributed by atoms with Crippen LogP contribution in [0.3, 0.4) is 0 Å². The zero-order chi connectivity index (χ0) is 34.8. The van der Waals surface area contributed by atoms with Gasteiger partial charge in [0.2, 0.25) is 8.32 Å². The van der Waals surface area contributed by atoms with Crippen molar-refractivity contribution in [1.29, 1.82) is 0 Å². The lowest BCUT2D eigenvalue weighted by Crippen LogP contribution is -2.43. The molecule has 0 saturated carbocycles. The third-order valence-corrected chi connectivity index (χ3v) is 13.2. The van der Waals surface area contributed by atoms with Crippen molar-refractivity contribution in [3.05, 3.63) is 117 Å². The van der Waals surface area contributed by atoms with Crippen LogP contribution in [0.4, 0.5) is 23.0 Å². The Morgan fingerprint density at radius 2 is 1.04 bits per heavy atom. The molecule has 0 aliphatic rings. The van der Waals surface area contributed by atoms with Crippen molar-refractivity contribution in [2.75, 3.05) is 0 Å². The lowest BCUT2D eigenvalue weighted by molar-refractivity contribution is 0.492. The van der Waals surface area contributed by atoms with Gasteiger partial charge in [-0.1, -0.05) is 115 Å². The van der Waals surface area contributed by atoms with E-state index in [2.05, 4.69) is 42.6 Å². The molecule has 0 heterocycles. The summed E-state index contributed by atoms with van der Waals surface area (Å²) < 4.78 is 76.0. The van der Waals surface area contributed by atoms with Gasteiger partial charge in [-0.05, 0) is 78.8 Å². The minimum absolute atomic E-state index is 0.0813. The highest BCUT2D eigenvalue weighted by molar-refractivity contribution is 7.84. The number of hydrogen-bond acceptors (Lipinski definition) is 6. The molecule has 16 heteroatoms. The summed E-state index contributed by atoms with van der Waals surface area (Å²) in [5.74, 6) is 1.12. The molecule has 6 nitrogen and oxygen atoms in total. The Hall–Kier alpha value is -2.45. The molecule has 0 aliphatic carbocycles. The van der Waals surface area contributed by atoms with E-state index in [0.29, 0.717) is 5.02 Å². The van der Waals surface area contributed by atoms with Crippen molar-refractivity contribution < 1.29 is 28.7 Å². The van der Waals surface area contributed by atoms with Crippen molar-refractivity contribution in [3.63, 3.8) is 0 Å². The third-order valence-electron chi connectivity index (χ3n) is 6.10. The van der Waals surface area contributed by atoms with Crippen LogP contribution in [0.1, 0.15) is 20.8 Å². The summed E-state index contributed by atoms with van der Waals surface area (Å²) in [5, 5.41) is 1.08. The summed E-state index contributed by atoms with van der Waals surface area (Å²) in [6.45, 7) is 11.3. The molecule has 1 unspecified atom stereocenters. The minimum atomic E-state index is -5.13. The Labute approximate surface area is 290 Å². The van der Waals surface area contributed by atoms with E-state index >= 15 is 0 Å². The standard InChI is InChI=1S/C12H8Cl2FNO2S.C12H20OSi.C6H3Cl2F2NOS/c13-11-7-6-9(8-12(11)14)16-19(15,17)18-10-4-2-1-3-5-10;1-12(2,3)14(4,5)13-11-9-7-6-8-10-11;7-5-2-1-4(3-6(5)8)11-13(9,10)12/h1-8H;6-10H,1-5H3;1-3H. The molecule has 0 saturated heterocycles. The fourth-order valence-corrected chi connectivity index (χ4v) is 5.61. The second kappa shape index (κ2) is 17.1. The second-order valence-electron chi connectivity index (χ2n) is 10.8. The van der Waals surface area contributed by atoms with Gasteiger partial charge in [-0.25, -0.2) is 0 Å². The Balaban J connectivity index is 0.000000246. The fraction of sp³-hybridized carbons (Fsp3) is 0.200. The van der Waals surface area contributed by atoms with Crippen LogP contribution in [0.2, 0.25) is 38.2 Å². The average molecular weight is 775 g/mol. The van der Waals surface area contributed by atoms with Gasteiger partial charge in [-0.2, -0.15) is 8.42 Å². The van der Waals surface area contributed by atoms with Crippen LogP contribution in [0.5, 0.6) is 11.5 Å². The van der Waals surface area contributed by atoms with E-state index in [9.17, 15) is 20.1 Å². The zero-order valence-corrected chi connectivity index (χ0v) is 30.9. The molecule has 0 amide bonds. The van der Waals surface area contributed by atoms with Crippen LogP contribution in [0.25, 0.3) is 0 Å². The van der Waals surface area contributed by atoms with Crippen molar-refractivity contribution >= 4 is 87.0 Å². The normalized spacial score (nSPS) is 12.7. The minimum Gasteiger partial charge on any atom is -0.544 e. The molecular weight excluding hydrogens is 743 g/mol. The van der Waals surface area contributed by atoms with Crippen LogP contribution in [0, 0.1) is 0 Å². The molecule has 0 spiro atoms. The summed E-state index contributed by atoms with van der Waals surface area (Å²) >= 11 is 22.5. The Morgan fingerprint density at radius 1 is 0.630 bits per heavy atom. The molecule has 1 atom stereocenters. The molecule has 4 aromatic carbocycles. The SMILES string of the molecule is CC(C)(C)[Si](C)(C)Oc1ccccc1.O=S(F)(=Nc1ccc(Cl)c(Cl)c1)Oc1ccccc1.O=S(F)(F)=Nc1ccc(Cl)c(Cl)c1. The first-order valence-electron chi connectivity index (χ1n) is 13.2. The van der Waals surface area contributed by atoms with Gasteiger partial charge < -0.3 is 8.61 Å². The van der Waals surface area contributed by atoms with E-state index in [1.54, 1.807) is 18.2 Å². The van der Waals surface area contributed by atoms with Crippen molar-refractivity contribution in [1.82, 2.24) is 0 Å². The van der Waals surface area contributed by atoms with Gasteiger partial charge in [0.25, 0.3) is 0 Å². The number of benzene rings is 4. The predicted molar refractivity (Wildman–Crippen MR) is 188 cm³/mol. The number of para-hydroxylation sites is 2. The number of hydrogen-bond donors (Lipinski definition) is 0. The molecule has 0 aromatic heterocycles. The lowest BCUT2D eigenvalue weighted by Gasteiger charge is -2.36. The number of nitrogens with zero attached hydrogens (tertiary/aromatic N) is 2. The van der Waals surface area contributed by atoms with E-state index in [1.165, 1.54) is 42.5 Å². The number of rotatable bonds is 6. The molecular formula is C30H31Cl4F3N2O4S2Si. The van der Waals surface area contributed by atoms with E-state index in [1.807, 2.05) is 30.3 Å². The van der Waals surface area contributed by atoms with Crippen molar-refractivity contribution in [3.8, 4) is 11.5 Å². The van der Waals surface area contributed by atoms with Crippen LogP contribution >= 0.6 is 46.4 Å². The molecule has 0 radical (unpaired) electrons. The van der Waals surface area contributed by atoms with E-state index in [0.717, 1.165) is 11.8 Å². The quantitative estimate of drug-likeness (QED) is 0.144. The first-order chi connectivity index (χ1) is 21.2. The highest BCUT2D eigenvalue weighted by atomic mass is 35.5. The van der Waals surface area contributed by atoms with Crippen LogP contribution in [-0.4, -0.2) is 16.7 Å². The Morgan fingerprint density at radius 3 is 1.43 bits per heavy atom. The van der Waals surface area contributed by atoms with Gasteiger partial charge in [0.05, 0.1) is 31.5 Å². The smallest absolute Gasteiger partial charge is 0.382 e. The number of halogens is 7. The largest absolute Gasteiger partial charge is 0.544 e. The maximum Gasteiger partial charge on any atom is 0.382 e. The summed E-state index contributed by atoms with van der Waals surface area (Å²) in [4.78, 5) is 0. The Bertz CT molecular complexity index is 1840. The molecule has 4 rings (SSSR count). The van der Waals surface area contributed by atoms with Gasteiger partial charge in [-0.15, -0.1) is 8.73 Å². The molecule has 0 bridgehead atoms. The summed E-state index contributed by atoms with van der Waals surface area (Å²) in [7, 11) is -11.1. The molecule has 4 aromatic rings. The van der Waals surface area contributed by atoms with E-state index in [-0.39, 0.29) is 37.2 Å². The first kappa shape index (κ1) is 39.7. The average Bonchev–Trinajstić information content (AvgIpc) is 2.93. The molecule has 250 valence electrons. The summed E-state index contributed by atoms with van der Waals surface area (Å²) in [6.07, 6.45) is 0. The monoisotopic (exact) mass is 772 g/mol. The van der Waals surface area contributed by atoms with E-state index in [4.69, 9.17) is 55.0 Å². The highest BCUT2D eigenvalue weighted by Gasteiger charge is 2.38. The second-order valence-corrected chi connectivity index (χ2v) is 19.3. The zero-order valence-electron chi connectivity index (χ0n) is 25.2. The van der Waals surface area contributed by atoms with Gasteiger partial charge in [0.1, 0.15) is 11.5 Å². The van der Waals surface area contributed by atoms with Gasteiger partial charge >= 0.3 is 20.9 Å². The third kappa shape index (κ3) is 14.5. The lowest BCUT2D eigenvalue weighted by atomic mass is 10.2. The predicted octanol–water partition coefficient (Wildman–Crippen LogP) is 12.9. The van der Waals surface area contributed by atoms with Crippen LogP contribution in [-0.2, 0) is 20.9 Å². The van der Waals surface area contributed by atoms with Gasteiger partial charge in [0.15, 0.2) is 0 Å². The highest BCUT2D eigenvalue weighted by Crippen LogP contribution is 2.37. The van der Waals surface area contributed by atoms with Crippen LogP contribution < -0.4 is 8.61 Å². The Kier molecular flexibility index (Phi) is 14.8.